The fourth-order valence-electron chi connectivity index (χ4n) is 2.45. The van der Waals surface area contributed by atoms with E-state index in [0.717, 1.165) is 18.7 Å². The molecule has 0 saturated heterocycles. The minimum Gasteiger partial charge on any atom is -0.494 e. The molecule has 0 unspecified atom stereocenters. The Morgan fingerprint density at radius 1 is 1.31 bits per heavy atom. The summed E-state index contributed by atoms with van der Waals surface area (Å²) in [6, 6.07) is 8.08. The lowest BCUT2D eigenvalue weighted by molar-refractivity contribution is 0.313. The van der Waals surface area contributed by atoms with Gasteiger partial charge in [-0.25, -0.2) is 13.1 Å². The average molecular weight is 382 g/mol. The van der Waals surface area contributed by atoms with Crippen molar-refractivity contribution in [1.29, 1.82) is 0 Å². The van der Waals surface area contributed by atoms with E-state index >= 15 is 0 Å². The molecule has 1 N–H and O–H groups in total. The van der Waals surface area contributed by atoms with Gasteiger partial charge in [0.05, 0.1) is 6.61 Å². The van der Waals surface area contributed by atoms with Gasteiger partial charge in [0, 0.05) is 26.4 Å². The molecular weight excluding hydrogens is 354 g/mol. The van der Waals surface area contributed by atoms with Crippen molar-refractivity contribution in [1.82, 2.24) is 19.7 Å². The van der Waals surface area contributed by atoms with Crippen LogP contribution in [-0.4, -0.2) is 61.6 Å². The first-order chi connectivity index (χ1) is 12.2. The van der Waals surface area contributed by atoms with Gasteiger partial charge in [-0.15, -0.1) is 0 Å². The molecule has 0 aliphatic heterocycles. The van der Waals surface area contributed by atoms with Gasteiger partial charge in [-0.2, -0.15) is 10.1 Å². The molecule has 0 atom stereocenters. The minimum absolute atomic E-state index is 0.158. The first kappa shape index (κ1) is 20.2. The molecule has 0 amide bonds. The Labute approximate surface area is 155 Å². The Morgan fingerprint density at radius 3 is 2.77 bits per heavy atom. The number of hydrogen-bond donors (Lipinski definition) is 1. The van der Waals surface area contributed by atoms with Crippen LogP contribution in [0.4, 0.5) is 5.95 Å². The van der Waals surface area contributed by atoms with Crippen LogP contribution in [0.3, 0.4) is 0 Å². The molecule has 0 aliphatic rings. The second-order valence-corrected chi connectivity index (χ2v) is 8.70. The van der Waals surface area contributed by atoms with Gasteiger partial charge in [-0.3, -0.25) is 0 Å². The van der Waals surface area contributed by atoms with E-state index in [-0.39, 0.29) is 5.75 Å². The summed E-state index contributed by atoms with van der Waals surface area (Å²) in [6.07, 6.45) is 1.95. The molecule has 1 aromatic carbocycles. The molecule has 1 heterocycles. The monoisotopic (exact) mass is 381 g/mol. The highest BCUT2D eigenvalue weighted by Gasteiger charge is 2.12. The predicted molar refractivity (Wildman–Crippen MR) is 102 cm³/mol. The van der Waals surface area contributed by atoms with Crippen LogP contribution in [0.2, 0.25) is 0 Å². The van der Waals surface area contributed by atoms with Crippen molar-refractivity contribution in [3.05, 3.63) is 35.7 Å². The molecule has 0 saturated carbocycles. The van der Waals surface area contributed by atoms with E-state index in [9.17, 15) is 8.42 Å². The smallest absolute Gasteiger partial charge is 0.221 e. The van der Waals surface area contributed by atoms with E-state index in [4.69, 9.17) is 4.74 Å². The second kappa shape index (κ2) is 9.00. The molecule has 0 bridgehead atoms. The normalized spacial score (nSPS) is 11.7. The molecule has 9 heteroatoms. The molecule has 0 aliphatic carbocycles. The van der Waals surface area contributed by atoms with Crippen LogP contribution >= 0.6 is 0 Å². The number of anilines is 1. The van der Waals surface area contributed by atoms with Crippen LogP contribution < -0.4 is 10.1 Å². The van der Waals surface area contributed by atoms with Crippen molar-refractivity contribution in [2.45, 2.75) is 18.7 Å². The zero-order valence-electron chi connectivity index (χ0n) is 15.8. The predicted octanol–water partition coefficient (Wildman–Crippen LogP) is 1.30. The number of ether oxygens (including phenoxy) is 1. The van der Waals surface area contributed by atoms with Crippen molar-refractivity contribution in [3.8, 4) is 5.75 Å². The Bertz CT molecular complexity index is 818. The summed E-state index contributed by atoms with van der Waals surface area (Å²) in [5.74, 6) is 1.55. The Kier molecular flexibility index (Phi) is 6.98. The Hall–Kier alpha value is -2.13. The second-order valence-electron chi connectivity index (χ2n) is 6.56. The third-order valence-corrected chi connectivity index (χ3v) is 4.25. The van der Waals surface area contributed by atoms with Crippen LogP contribution in [0.15, 0.2) is 24.3 Å². The lowest BCUT2D eigenvalue weighted by atomic mass is 10.2. The van der Waals surface area contributed by atoms with E-state index in [1.54, 1.807) is 11.7 Å². The number of benzene rings is 1. The molecule has 8 nitrogen and oxygen atoms in total. The minimum atomic E-state index is -3.14. The van der Waals surface area contributed by atoms with Crippen molar-refractivity contribution in [2.75, 3.05) is 38.8 Å². The van der Waals surface area contributed by atoms with Gasteiger partial charge >= 0.3 is 0 Å². The van der Waals surface area contributed by atoms with Gasteiger partial charge < -0.3 is 15.0 Å². The zero-order chi connectivity index (χ0) is 19.2. The van der Waals surface area contributed by atoms with Crippen LogP contribution in [0, 0.1) is 0 Å². The first-order valence-corrected chi connectivity index (χ1v) is 10.5. The van der Waals surface area contributed by atoms with Crippen molar-refractivity contribution >= 4 is 15.8 Å². The van der Waals surface area contributed by atoms with E-state index < -0.39 is 9.84 Å². The molecule has 2 rings (SSSR count). The third-order valence-electron chi connectivity index (χ3n) is 3.47. The largest absolute Gasteiger partial charge is 0.494 e. The average Bonchev–Trinajstić information content (AvgIpc) is 2.84. The summed E-state index contributed by atoms with van der Waals surface area (Å²) in [4.78, 5) is 6.32. The number of hydrogen-bond acceptors (Lipinski definition) is 7. The Balaban J connectivity index is 1.76. The number of rotatable bonds is 10. The summed E-state index contributed by atoms with van der Waals surface area (Å²) in [5, 5.41) is 7.26. The molecule has 144 valence electrons. The molecule has 1 aromatic heterocycles. The summed E-state index contributed by atoms with van der Waals surface area (Å²) < 4.78 is 30.0. The summed E-state index contributed by atoms with van der Waals surface area (Å²) >= 11 is 0. The van der Waals surface area contributed by atoms with Crippen LogP contribution in [0.1, 0.15) is 17.8 Å². The number of nitrogens with zero attached hydrogens (tertiary/aromatic N) is 4. The standard InChI is InChI=1S/C17H27N5O3S/c1-21(2)12-14-7-5-8-15(11-14)25-10-6-9-18-17-19-16(20-22(17)3)13-26(4,23)24/h5,7-8,11H,6,9-10,12-13H2,1-4H3,(H,18,19,20). The van der Waals surface area contributed by atoms with Gasteiger partial charge in [0.1, 0.15) is 11.5 Å². The highest BCUT2D eigenvalue weighted by atomic mass is 32.2. The van der Waals surface area contributed by atoms with Gasteiger partial charge in [0.15, 0.2) is 15.7 Å². The lowest BCUT2D eigenvalue weighted by Crippen LogP contribution is -2.11. The van der Waals surface area contributed by atoms with E-state index in [2.05, 4.69) is 26.4 Å². The summed E-state index contributed by atoms with van der Waals surface area (Å²) in [5.41, 5.74) is 1.21. The zero-order valence-corrected chi connectivity index (χ0v) is 16.6. The number of nitrogens with one attached hydrogen (secondary N) is 1. The molecule has 0 fully saturated rings. The number of aromatic nitrogens is 3. The Morgan fingerprint density at radius 2 is 2.08 bits per heavy atom. The van der Waals surface area contributed by atoms with Crippen molar-refractivity contribution in [3.63, 3.8) is 0 Å². The maximum absolute atomic E-state index is 11.3. The number of aryl methyl sites for hydroxylation is 1. The maximum atomic E-state index is 11.3. The fourth-order valence-corrected chi connectivity index (χ4v) is 3.04. The highest BCUT2D eigenvalue weighted by molar-refractivity contribution is 7.89. The SMILES string of the molecule is CN(C)Cc1cccc(OCCCNc2nc(CS(C)(=O)=O)nn2C)c1. The van der Waals surface area contributed by atoms with Crippen molar-refractivity contribution in [2.24, 2.45) is 7.05 Å². The van der Waals surface area contributed by atoms with Gasteiger partial charge in [-0.05, 0) is 38.2 Å². The quantitative estimate of drug-likeness (QED) is 0.621. The van der Waals surface area contributed by atoms with Gasteiger partial charge in [0.25, 0.3) is 0 Å². The van der Waals surface area contributed by atoms with E-state index in [1.807, 2.05) is 32.3 Å². The van der Waals surface area contributed by atoms with Crippen LogP contribution in [0.5, 0.6) is 5.75 Å². The maximum Gasteiger partial charge on any atom is 0.221 e. The molecular formula is C17H27N5O3S. The lowest BCUT2D eigenvalue weighted by Gasteiger charge is -2.12. The topological polar surface area (TPSA) is 89.3 Å². The summed E-state index contributed by atoms with van der Waals surface area (Å²) in [6.45, 7) is 2.11. The number of sulfone groups is 1. The molecule has 0 radical (unpaired) electrons. The van der Waals surface area contributed by atoms with Crippen LogP contribution in [0.25, 0.3) is 0 Å². The molecule has 0 spiro atoms. The molecule has 2 aromatic rings. The first-order valence-electron chi connectivity index (χ1n) is 8.41. The molecule has 26 heavy (non-hydrogen) atoms. The van der Waals surface area contributed by atoms with Crippen molar-refractivity contribution < 1.29 is 13.2 Å². The van der Waals surface area contributed by atoms with Gasteiger partial charge in [0.2, 0.25) is 5.95 Å². The van der Waals surface area contributed by atoms with Crippen LogP contribution in [-0.2, 0) is 29.2 Å². The van der Waals surface area contributed by atoms with E-state index in [0.29, 0.717) is 24.9 Å². The third kappa shape index (κ3) is 7.01. The fraction of sp³-hybridized carbons (Fsp3) is 0.529. The van der Waals surface area contributed by atoms with E-state index in [1.165, 1.54) is 11.8 Å². The highest BCUT2D eigenvalue weighted by Crippen LogP contribution is 2.14. The van der Waals surface area contributed by atoms with Gasteiger partial charge in [-0.1, -0.05) is 12.1 Å². The summed E-state index contributed by atoms with van der Waals surface area (Å²) in [7, 11) is 2.66.